The topological polar surface area (TPSA) is 129 Å². The molecule has 0 aromatic rings. The molecule has 7 nitrogen and oxygen atoms in total. The van der Waals surface area contributed by atoms with Gasteiger partial charge in [0.1, 0.15) is 25.1 Å². The lowest BCUT2D eigenvalue weighted by molar-refractivity contribution is -0.112. The van der Waals surface area contributed by atoms with Gasteiger partial charge in [0.2, 0.25) is 0 Å². The normalized spacial score (nSPS) is 10.5. The number of aliphatic hydroxyl groups excluding tert-OH is 3. The van der Waals surface area contributed by atoms with E-state index in [4.69, 9.17) is 20.1 Å². The first-order valence-electron chi connectivity index (χ1n) is 18.2. The minimum atomic E-state index is 0. The van der Waals surface area contributed by atoms with Gasteiger partial charge >= 0.3 is 0 Å². The summed E-state index contributed by atoms with van der Waals surface area (Å²) in [6, 6.07) is 0. The van der Waals surface area contributed by atoms with Crippen molar-refractivity contribution in [1.82, 2.24) is 0 Å². The van der Waals surface area contributed by atoms with Gasteiger partial charge in [-0.3, -0.25) is 0 Å². The molecule has 2 unspecified atom stereocenters. The first-order chi connectivity index (χ1) is 21.6. The van der Waals surface area contributed by atoms with Crippen LogP contribution < -0.4 is 0 Å². The molecule has 0 bridgehead atoms. The lowest BCUT2D eigenvalue weighted by Crippen LogP contribution is -2.03. The second-order valence-corrected chi connectivity index (χ2v) is 10.9. The molecule has 45 heavy (non-hydrogen) atoms. The van der Waals surface area contributed by atoms with Crippen molar-refractivity contribution in [3.63, 3.8) is 0 Å². The monoisotopic (exact) mass is 657 g/mol. The zero-order valence-electron chi connectivity index (χ0n) is 32.0. The highest BCUT2D eigenvalue weighted by molar-refractivity contribution is 5.53. The Balaban J connectivity index is -0.0000000443. The van der Waals surface area contributed by atoms with Crippen molar-refractivity contribution >= 4 is 25.1 Å². The molecule has 0 fully saturated rings. The molecule has 0 spiro atoms. The highest BCUT2D eigenvalue weighted by Crippen LogP contribution is 2.10. The molecule has 3 N–H and O–H groups in total. The Hall–Kier alpha value is -1.44. The van der Waals surface area contributed by atoms with Crippen LogP contribution in [0.1, 0.15) is 183 Å². The summed E-state index contributed by atoms with van der Waals surface area (Å²) in [6.45, 7) is 23.3. The molecular formula is C38H88O7. The third-order valence-electron chi connectivity index (χ3n) is 7.02. The highest BCUT2D eigenvalue weighted by Gasteiger charge is 2.02. The molecule has 0 saturated carbocycles. The zero-order valence-corrected chi connectivity index (χ0v) is 32.0. The fraction of sp³-hybridized carbons (Fsp3) is 0.895. The maximum absolute atomic E-state index is 10.2. The number of carbonyl (C=O) groups is 4. The van der Waals surface area contributed by atoms with Gasteiger partial charge in [-0.1, -0.05) is 121 Å². The Morgan fingerprint density at radius 1 is 0.511 bits per heavy atom. The predicted octanol–water partition coefficient (Wildman–Crippen LogP) is 10.3. The van der Waals surface area contributed by atoms with Gasteiger partial charge in [-0.05, 0) is 63.7 Å². The molecule has 0 aliphatic carbocycles. The lowest BCUT2D eigenvalue weighted by Gasteiger charge is -2.08. The molecule has 0 aliphatic heterocycles. The summed E-state index contributed by atoms with van der Waals surface area (Å²) in [7, 11) is 0. The predicted molar refractivity (Wildman–Crippen MR) is 202 cm³/mol. The SMILES string of the molecule is CC=O.CCC(C=O)CC.CCC(CC)CO.CCCC=O.CCCCC(C=O)CC.CCCCC(CC)CO.CCCCO.[HH].[HH].[HH]. The van der Waals surface area contributed by atoms with Crippen molar-refractivity contribution in [3.05, 3.63) is 0 Å². The van der Waals surface area contributed by atoms with E-state index in [0.29, 0.717) is 49.9 Å². The Morgan fingerprint density at radius 3 is 1.02 bits per heavy atom. The van der Waals surface area contributed by atoms with Crippen LogP contribution in [0, 0.1) is 23.7 Å². The summed E-state index contributed by atoms with van der Waals surface area (Å²) in [5, 5.41) is 25.3. The van der Waals surface area contributed by atoms with Crippen LogP contribution in [0.2, 0.25) is 0 Å². The third-order valence-corrected chi connectivity index (χ3v) is 7.02. The fourth-order valence-corrected chi connectivity index (χ4v) is 3.06. The molecule has 7 heteroatoms. The van der Waals surface area contributed by atoms with Gasteiger partial charge in [0.05, 0.1) is 0 Å². The van der Waals surface area contributed by atoms with Crippen LogP contribution in [0.3, 0.4) is 0 Å². The molecule has 0 radical (unpaired) electrons. The molecule has 0 aromatic carbocycles. The summed E-state index contributed by atoms with van der Waals surface area (Å²) in [5.41, 5.74) is 0. The van der Waals surface area contributed by atoms with Gasteiger partial charge in [0, 0.05) is 42.4 Å². The first-order valence-corrected chi connectivity index (χ1v) is 18.2. The van der Waals surface area contributed by atoms with Crippen LogP contribution in [0.4, 0.5) is 0 Å². The van der Waals surface area contributed by atoms with E-state index >= 15 is 0 Å². The summed E-state index contributed by atoms with van der Waals surface area (Å²) in [4.78, 5) is 38.4. The van der Waals surface area contributed by atoms with Gasteiger partial charge in [-0.2, -0.15) is 0 Å². The van der Waals surface area contributed by atoms with Crippen LogP contribution in [-0.2, 0) is 19.2 Å². The second-order valence-electron chi connectivity index (χ2n) is 10.9. The third kappa shape index (κ3) is 75.0. The molecule has 282 valence electrons. The molecule has 2 atom stereocenters. The van der Waals surface area contributed by atoms with Crippen LogP contribution in [0.15, 0.2) is 0 Å². The van der Waals surface area contributed by atoms with Crippen LogP contribution in [0.5, 0.6) is 0 Å². The van der Waals surface area contributed by atoms with Crippen molar-refractivity contribution in [2.75, 3.05) is 19.8 Å². The summed E-state index contributed by atoms with van der Waals surface area (Å²) >= 11 is 0. The highest BCUT2D eigenvalue weighted by atomic mass is 16.3. The fourth-order valence-electron chi connectivity index (χ4n) is 3.06. The van der Waals surface area contributed by atoms with Crippen LogP contribution >= 0.6 is 0 Å². The van der Waals surface area contributed by atoms with E-state index in [1.54, 1.807) is 0 Å². The van der Waals surface area contributed by atoms with E-state index in [1.165, 1.54) is 39.0 Å². The molecular weight excluding hydrogens is 568 g/mol. The zero-order chi connectivity index (χ0) is 36.6. The average molecular weight is 657 g/mol. The van der Waals surface area contributed by atoms with Gasteiger partial charge in [-0.25, -0.2) is 0 Å². The summed E-state index contributed by atoms with van der Waals surface area (Å²) in [6.07, 6.45) is 21.0. The van der Waals surface area contributed by atoms with E-state index in [2.05, 4.69) is 48.5 Å². The van der Waals surface area contributed by atoms with Crippen molar-refractivity contribution in [2.24, 2.45) is 23.7 Å². The van der Waals surface area contributed by atoms with Crippen molar-refractivity contribution in [1.29, 1.82) is 0 Å². The van der Waals surface area contributed by atoms with E-state index in [9.17, 15) is 14.4 Å². The smallest absolute Gasteiger partial charge is 0.123 e. The Bertz CT molecular complexity index is 483. The minimum absolute atomic E-state index is 0. The van der Waals surface area contributed by atoms with Crippen molar-refractivity contribution < 1.29 is 38.8 Å². The second kappa shape index (κ2) is 65.3. The number of aldehydes is 4. The Kier molecular flexibility index (Phi) is 85.6. The van der Waals surface area contributed by atoms with E-state index in [-0.39, 0.29) is 4.28 Å². The first kappa shape index (κ1) is 59.0. The van der Waals surface area contributed by atoms with Gasteiger partial charge < -0.3 is 34.5 Å². The minimum Gasteiger partial charge on any atom is -0.396 e. The van der Waals surface area contributed by atoms with E-state index in [0.717, 1.165) is 89.4 Å². The number of unbranched alkanes of at least 4 members (excludes halogenated alkanes) is 4. The lowest BCUT2D eigenvalue weighted by atomic mass is 10.0. The molecule has 0 rings (SSSR count). The molecule has 0 aliphatic rings. The van der Waals surface area contributed by atoms with Crippen molar-refractivity contribution in [3.8, 4) is 0 Å². The van der Waals surface area contributed by atoms with Crippen LogP contribution in [0.25, 0.3) is 0 Å². The number of rotatable bonds is 20. The number of carbonyl (C=O) groups excluding carboxylic acids is 4. The number of hydrogen-bond donors (Lipinski definition) is 3. The van der Waals surface area contributed by atoms with Gasteiger partial charge in [0.15, 0.2) is 0 Å². The molecule has 0 aromatic heterocycles. The van der Waals surface area contributed by atoms with Crippen molar-refractivity contribution in [2.45, 2.75) is 179 Å². The molecule has 0 amide bonds. The number of aliphatic hydroxyl groups is 3. The standard InChI is InChI=1S/C8H18O.C8H16O.C6H14O.C6H12O.C4H10O.C4H8O.C2H4O.3H2/c2*1-3-5-6-8(4-2)7-9;2*1-3-6(4-2)5-7;2*1-2-3-4-5;1-2-3;;;/h8-9H,3-7H2,1-2H3;7-8H,3-6H2,1-2H3;6-7H,3-5H2,1-2H3;5-6H,3-4H2,1-2H3;5H,2-4H2,1H3;4H,2-3H2,1H3;2H,1H3;3*1H. The number of hydrogen-bond acceptors (Lipinski definition) is 7. The Morgan fingerprint density at radius 2 is 0.889 bits per heavy atom. The quantitative estimate of drug-likeness (QED) is 0.111. The summed E-state index contributed by atoms with van der Waals surface area (Å²) in [5.74, 6) is 1.73. The van der Waals surface area contributed by atoms with Crippen LogP contribution in [-0.4, -0.2) is 60.3 Å². The largest absolute Gasteiger partial charge is 0.396 e. The average Bonchev–Trinajstić information content (AvgIpc) is 3.06. The van der Waals surface area contributed by atoms with Gasteiger partial charge in [0.25, 0.3) is 0 Å². The molecule has 0 heterocycles. The van der Waals surface area contributed by atoms with Gasteiger partial charge in [-0.15, -0.1) is 0 Å². The van der Waals surface area contributed by atoms with E-state index < -0.39 is 0 Å². The maximum atomic E-state index is 10.2. The maximum Gasteiger partial charge on any atom is 0.123 e. The van der Waals surface area contributed by atoms with E-state index in [1.807, 2.05) is 20.8 Å². The molecule has 0 saturated heterocycles. The Labute approximate surface area is 286 Å². The summed E-state index contributed by atoms with van der Waals surface area (Å²) < 4.78 is 0.